The van der Waals surface area contributed by atoms with E-state index in [4.69, 9.17) is 9.47 Å². The zero-order chi connectivity index (χ0) is 12.7. The summed E-state index contributed by atoms with van der Waals surface area (Å²) in [6, 6.07) is 2.83. The summed E-state index contributed by atoms with van der Waals surface area (Å²) in [5.74, 6) is 1.70. The van der Waals surface area contributed by atoms with E-state index in [-0.39, 0.29) is 12.0 Å². The fourth-order valence-corrected chi connectivity index (χ4v) is 2.70. The molecule has 3 aliphatic rings. The zero-order valence-electron chi connectivity index (χ0n) is 10.6. The van der Waals surface area contributed by atoms with Crippen molar-refractivity contribution in [3.05, 3.63) is 35.4 Å². The minimum absolute atomic E-state index is 0.0952. The van der Waals surface area contributed by atoms with Gasteiger partial charge < -0.3 is 14.4 Å². The van der Waals surface area contributed by atoms with Crippen LogP contribution in [0, 0.1) is 17.2 Å². The van der Waals surface area contributed by atoms with Gasteiger partial charge >= 0.3 is 0 Å². The molecule has 0 spiro atoms. The van der Waals surface area contributed by atoms with Gasteiger partial charge in [-0.3, -0.25) is 0 Å². The second-order valence-corrected chi connectivity index (χ2v) is 5.01. The molecule has 2 unspecified atom stereocenters. The largest absolute Gasteiger partial charge is 0.486 e. The summed E-state index contributed by atoms with van der Waals surface area (Å²) in [6.45, 7) is 5.44. The van der Waals surface area contributed by atoms with Crippen molar-refractivity contribution in [2.24, 2.45) is 5.92 Å². The van der Waals surface area contributed by atoms with E-state index in [1.165, 1.54) is 0 Å². The molecule has 0 bridgehead atoms. The van der Waals surface area contributed by atoms with Crippen LogP contribution in [-0.4, -0.2) is 30.2 Å². The van der Waals surface area contributed by atoms with Gasteiger partial charge in [0.2, 0.25) is 0 Å². The second kappa shape index (κ2) is 4.09. The summed E-state index contributed by atoms with van der Waals surface area (Å²) >= 11 is 0. The Morgan fingerprint density at radius 3 is 2.56 bits per heavy atom. The lowest BCUT2D eigenvalue weighted by Crippen LogP contribution is -2.37. The molecule has 3 rings (SSSR count). The minimum Gasteiger partial charge on any atom is -0.486 e. The molecule has 1 saturated heterocycles. The highest BCUT2D eigenvalue weighted by atomic mass is 16.6. The molecule has 0 aromatic heterocycles. The summed E-state index contributed by atoms with van der Waals surface area (Å²) < 4.78 is 11.2. The maximum atomic E-state index is 9.23. The fourth-order valence-electron chi connectivity index (χ4n) is 2.70. The summed E-state index contributed by atoms with van der Waals surface area (Å²) in [7, 11) is 0. The number of nitrogens with zero attached hydrogens (tertiary/aromatic N) is 2. The molecular formula is C14H16N2O2. The minimum atomic E-state index is 0.0952. The van der Waals surface area contributed by atoms with E-state index in [2.05, 4.69) is 30.9 Å². The van der Waals surface area contributed by atoms with Crippen LogP contribution in [0.15, 0.2) is 35.4 Å². The summed E-state index contributed by atoms with van der Waals surface area (Å²) in [6.07, 6.45) is 6.07. The van der Waals surface area contributed by atoms with Crippen LogP contribution in [0.2, 0.25) is 0 Å². The quantitative estimate of drug-likeness (QED) is 0.707. The Morgan fingerprint density at radius 1 is 1.28 bits per heavy atom. The summed E-state index contributed by atoms with van der Waals surface area (Å²) in [5, 5.41) is 9.23. The van der Waals surface area contributed by atoms with Crippen LogP contribution in [0.25, 0.3) is 0 Å². The fraction of sp³-hybridized carbons (Fsp3) is 0.500. The molecule has 2 heterocycles. The summed E-state index contributed by atoms with van der Waals surface area (Å²) in [4.78, 5) is 2.21. The maximum Gasteiger partial charge on any atom is 0.159 e. The van der Waals surface area contributed by atoms with Gasteiger partial charge in [0.05, 0.1) is 17.7 Å². The average Bonchev–Trinajstić information content (AvgIpc) is 2.74. The molecule has 94 valence electrons. The predicted octanol–water partition coefficient (Wildman–Crippen LogP) is 1.93. The Hall–Kier alpha value is -1.89. The monoisotopic (exact) mass is 244 g/mol. The molecule has 2 atom stereocenters. The van der Waals surface area contributed by atoms with Crippen molar-refractivity contribution in [3.8, 4) is 6.07 Å². The Morgan fingerprint density at radius 2 is 1.94 bits per heavy atom. The molecule has 0 saturated carbocycles. The van der Waals surface area contributed by atoms with Crippen molar-refractivity contribution >= 4 is 0 Å². The van der Waals surface area contributed by atoms with Gasteiger partial charge in [-0.25, -0.2) is 0 Å². The van der Waals surface area contributed by atoms with Gasteiger partial charge in [-0.1, -0.05) is 0 Å². The third-order valence-corrected chi connectivity index (χ3v) is 3.58. The molecule has 0 aromatic carbocycles. The van der Waals surface area contributed by atoms with Crippen molar-refractivity contribution in [2.45, 2.75) is 25.9 Å². The van der Waals surface area contributed by atoms with Gasteiger partial charge in [0.1, 0.15) is 13.2 Å². The highest BCUT2D eigenvalue weighted by Gasteiger charge is 2.39. The number of nitriles is 1. The van der Waals surface area contributed by atoms with Gasteiger partial charge in [-0.15, -0.1) is 0 Å². The van der Waals surface area contributed by atoms with Gasteiger partial charge in [0.15, 0.2) is 11.5 Å². The van der Waals surface area contributed by atoms with Crippen molar-refractivity contribution in [3.63, 3.8) is 0 Å². The van der Waals surface area contributed by atoms with Gasteiger partial charge in [-0.05, 0) is 26.0 Å². The van der Waals surface area contributed by atoms with E-state index in [9.17, 15) is 5.26 Å². The van der Waals surface area contributed by atoms with E-state index < -0.39 is 0 Å². The third kappa shape index (κ3) is 1.59. The molecule has 4 heteroatoms. The standard InChI is InChI=1S/C14H16N2O2/c1-9(2)16-8-10(7-15)11-5-13-14(6-12(11)16)18-4-3-17-13/h5-6,8-9,11-12H,3-4H2,1-2H3. The van der Waals surface area contributed by atoms with Gasteiger partial charge in [0, 0.05) is 18.2 Å². The van der Waals surface area contributed by atoms with Crippen LogP contribution in [0.1, 0.15) is 13.8 Å². The van der Waals surface area contributed by atoms with Gasteiger partial charge in [-0.2, -0.15) is 5.26 Å². The van der Waals surface area contributed by atoms with Crippen LogP contribution >= 0.6 is 0 Å². The molecule has 2 aliphatic heterocycles. The molecule has 1 aliphatic carbocycles. The molecule has 18 heavy (non-hydrogen) atoms. The van der Waals surface area contributed by atoms with E-state index in [0.717, 1.165) is 17.1 Å². The van der Waals surface area contributed by atoms with Crippen LogP contribution in [0.4, 0.5) is 0 Å². The molecule has 0 amide bonds. The molecule has 0 N–H and O–H groups in total. The lowest BCUT2D eigenvalue weighted by molar-refractivity contribution is 0.0528. The number of rotatable bonds is 1. The SMILES string of the molecule is CC(C)N1C=C(C#N)C2C=C3OCCOC3=CC21. The lowest BCUT2D eigenvalue weighted by Gasteiger charge is -2.34. The second-order valence-electron chi connectivity index (χ2n) is 5.01. The number of fused-ring (bicyclic) bond motifs is 2. The lowest BCUT2D eigenvalue weighted by atomic mass is 9.89. The smallest absolute Gasteiger partial charge is 0.159 e. The average molecular weight is 244 g/mol. The van der Waals surface area contributed by atoms with E-state index in [1.54, 1.807) is 0 Å². The molecule has 0 aromatic rings. The van der Waals surface area contributed by atoms with Gasteiger partial charge in [0.25, 0.3) is 0 Å². The van der Waals surface area contributed by atoms with E-state index in [1.807, 2.05) is 12.3 Å². The first-order valence-corrected chi connectivity index (χ1v) is 6.29. The predicted molar refractivity (Wildman–Crippen MR) is 66.0 cm³/mol. The van der Waals surface area contributed by atoms with Crippen LogP contribution in [0.3, 0.4) is 0 Å². The highest BCUT2D eigenvalue weighted by molar-refractivity contribution is 5.43. The molecular weight excluding hydrogens is 228 g/mol. The van der Waals surface area contributed by atoms with Crippen LogP contribution in [-0.2, 0) is 9.47 Å². The first-order chi connectivity index (χ1) is 8.70. The Balaban J connectivity index is 1.97. The first kappa shape index (κ1) is 11.2. The topological polar surface area (TPSA) is 45.5 Å². The van der Waals surface area contributed by atoms with E-state index in [0.29, 0.717) is 19.3 Å². The number of ether oxygens (including phenoxy) is 2. The Bertz CT molecular complexity index is 496. The van der Waals surface area contributed by atoms with Crippen LogP contribution < -0.4 is 0 Å². The van der Waals surface area contributed by atoms with Crippen molar-refractivity contribution < 1.29 is 9.47 Å². The van der Waals surface area contributed by atoms with Crippen molar-refractivity contribution in [1.29, 1.82) is 5.26 Å². The van der Waals surface area contributed by atoms with Crippen molar-refractivity contribution in [2.75, 3.05) is 13.2 Å². The highest BCUT2D eigenvalue weighted by Crippen LogP contribution is 2.38. The van der Waals surface area contributed by atoms with Crippen LogP contribution in [0.5, 0.6) is 0 Å². The first-order valence-electron chi connectivity index (χ1n) is 6.29. The number of hydrogen-bond donors (Lipinski definition) is 0. The molecule has 1 fully saturated rings. The Kier molecular flexibility index (Phi) is 2.55. The maximum absolute atomic E-state index is 9.23. The normalized spacial score (nSPS) is 29.2. The summed E-state index contributed by atoms with van der Waals surface area (Å²) in [5.41, 5.74) is 0.797. The van der Waals surface area contributed by atoms with E-state index >= 15 is 0 Å². The molecule has 4 nitrogen and oxygen atoms in total. The Labute approximate surface area is 107 Å². The zero-order valence-corrected chi connectivity index (χ0v) is 10.6. The molecule has 0 radical (unpaired) electrons. The van der Waals surface area contributed by atoms with Crippen molar-refractivity contribution in [1.82, 2.24) is 4.90 Å². The number of hydrogen-bond acceptors (Lipinski definition) is 4. The third-order valence-electron chi connectivity index (χ3n) is 3.58.